The maximum atomic E-state index is 13.5. The third-order valence-electron chi connectivity index (χ3n) is 4.87. The van der Waals surface area contributed by atoms with E-state index in [1.807, 2.05) is 0 Å². The smallest absolute Gasteiger partial charge is 0.406 e. The summed E-state index contributed by atoms with van der Waals surface area (Å²) in [6, 6.07) is 17.4. The fraction of sp³-hybridized carbons (Fsp3) is 0.174. The Kier molecular flexibility index (Phi) is 7.86. The average Bonchev–Trinajstić information content (AvgIpc) is 2.77. The van der Waals surface area contributed by atoms with Gasteiger partial charge < -0.3 is 10.5 Å². The number of carbonyl (C=O) groups is 1. The summed E-state index contributed by atoms with van der Waals surface area (Å²) in [5.41, 5.74) is 6.53. The SMILES string of the molecule is NC(=O)C(c1ccccc1)N(CCc1ccc(OC(F)(F)F)cc1)S(=O)(=O)c1ccc(Cl)cc1. The quantitative estimate of drug-likeness (QED) is 0.450. The van der Waals surface area contributed by atoms with E-state index in [0.29, 0.717) is 16.1 Å². The molecule has 3 aromatic carbocycles. The molecule has 2 N–H and O–H groups in total. The van der Waals surface area contributed by atoms with Gasteiger partial charge in [-0.1, -0.05) is 54.1 Å². The largest absolute Gasteiger partial charge is 0.573 e. The molecule has 11 heteroatoms. The van der Waals surface area contributed by atoms with Crippen molar-refractivity contribution >= 4 is 27.5 Å². The molecule has 0 aliphatic rings. The van der Waals surface area contributed by atoms with Crippen molar-refractivity contribution in [3.05, 3.63) is 95.0 Å². The minimum absolute atomic E-state index is 0.0898. The fourth-order valence-electron chi connectivity index (χ4n) is 3.33. The van der Waals surface area contributed by atoms with Gasteiger partial charge in [0.2, 0.25) is 15.9 Å². The van der Waals surface area contributed by atoms with Gasteiger partial charge in [-0.15, -0.1) is 13.2 Å². The van der Waals surface area contributed by atoms with Crippen molar-refractivity contribution in [1.29, 1.82) is 0 Å². The molecule has 0 aliphatic carbocycles. The number of carbonyl (C=O) groups excluding carboxylic acids is 1. The number of rotatable bonds is 9. The van der Waals surface area contributed by atoms with Crippen molar-refractivity contribution in [2.24, 2.45) is 5.73 Å². The topological polar surface area (TPSA) is 89.7 Å². The molecule has 0 spiro atoms. The van der Waals surface area contributed by atoms with Gasteiger partial charge in [0.1, 0.15) is 11.8 Å². The van der Waals surface area contributed by atoms with Crippen LogP contribution < -0.4 is 10.5 Å². The molecule has 6 nitrogen and oxygen atoms in total. The molecule has 1 atom stereocenters. The fourth-order valence-corrected chi connectivity index (χ4v) is 5.05. The number of primary amides is 1. The van der Waals surface area contributed by atoms with Crippen molar-refractivity contribution in [1.82, 2.24) is 4.31 Å². The zero-order valence-electron chi connectivity index (χ0n) is 17.6. The van der Waals surface area contributed by atoms with Crippen LogP contribution in [0, 0.1) is 0 Å². The molecule has 0 radical (unpaired) electrons. The maximum absolute atomic E-state index is 13.5. The van der Waals surface area contributed by atoms with Crippen molar-refractivity contribution in [2.45, 2.75) is 23.7 Å². The van der Waals surface area contributed by atoms with Gasteiger partial charge in [-0.3, -0.25) is 4.79 Å². The number of benzene rings is 3. The van der Waals surface area contributed by atoms with Gasteiger partial charge in [0.05, 0.1) is 4.90 Å². The molecule has 0 fully saturated rings. The predicted octanol–water partition coefficient (Wildman–Crippen LogP) is 4.70. The predicted molar refractivity (Wildman–Crippen MR) is 121 cm³/mol. The van der Waals surface area contributed by atoms with E-state index in [4.69, 9.17) is 17.3 Å². The van der Waals surface area contributed by atoms with Crippen molar-refractivity contribution in [3.63, 3.8) is 0 Å². The van der Waals surface area contributed by atoms with E-state index in [0.717, 1.165) is 16.4 Å². The molecule has 180 valence electrons. The van der Waals surface area contributed by atoms with Gasteiger partial charge in [-0.25, -0.2) is 8.42 Å². The first-order chi connectivity index (χ1) is 16.0. The Morgan fingerprint density at radius 3 is 2.09 bits per heavy atom. The van der Waals surface area contributed by atoms with Crippen molar-refractivity contribution < 1.29 is 31.1 Å². The van der Waals surface area contributed by atoms with E-state index in [1.54, 1.807) is 30.3 Å². The van der Waals surface area contributed by atoms with Crippen LogP contribution in [-0.4, -0.2) is 31.5 Å². The third-order valence-corrected chi connectivity index (χ3v) is 7.00. The first kappa shape index (κ1) is 25.5. The zero-order valence-corrected chi connectivity index (χ0v) is 19.1. The van der Waals surface area contributed by atoms with E-state index in [9.17, 15) is 26.4 Å². The summed E-state index contributed by atoms with van der Waals surface area (Å²) in [5, 5.41) is 0.334. The molecule has 34 heavy (non-hydrogen) atoms. The Morgan fingerprint density at radius 1 is 0.971 bits per heavy atom. The summed E-state index contributed by atoms with van der Waals surface area (Å²) in [6.45, 7) is -0.174. The summed E-state index contributed by atoms with van der Waals surface area (Å²) < 4.78 is 69.1. The summed E-state index contributed by atoms with van der Waals surface area (Å²) in [4.78, 5) is 12.3. The Labute approximate surface area is 199 Å². The first-order valence-electron chi connectivity index (χ1n) is 9.94. The molecule has 0 aromatic heterocycles. The Hall–Kier alpha value is -3.08. The molecule has 1 amide bonds. The van der Waals surface area contributed by atoms with Crippen LogP contribution >= 0.6 is 11.6 Å². The van der Waals surface area contributed by atoms with Crippen LogP contribution in [0.5, 0.6) is 5.75 Å². The molecule has 0 saturated carbocycles. The summed E-state index contributed by atoms with van der Waals surface area (Å²) >= 11 is 5.88. The Balaban J connectivity index is 1.95. The van der Waals surface area contributed by atoms with E-state index < -0.39 is 34.1 Å². The van der Waals surface area contributed by atoms with E-state index >= 15 is 0 Å². The first-order valence-corrected chi connectivity index (χ1v) is 11.8. The number of amides is 1. The van der Waals surface area contributed by atoms with E-state index in [1.165, 1.54) is 36.4 Å². The number of sulfonamides is 1. The number of nitrogens with zero attached hydrogens (tertiary/aromatic N) is 1. The third kappa shape index (κ3) is 6.49. The minimum Gasteiger partial charge on any atom is -0.406 e. The number of halogens is 4. The molecular formula is C23H20ClF3N2O4S. The lowest BCUT2D eigenvalue weighted by molar-refractivity contribution is -0.274. The van der Waals surface area contributed by atoms with Crippen LogP contribution in [0.2, 0.25) is 5.02 Å². The second-order valence-corrected chi connectivity index (χ2v) is 9.55. The highest BCUT2D eigenvalue weighted by Crippen LogP contribution is 2.29. The molecule has 3 aromatic rings. The highest BCUT2D eigenvalue weighted by Gasteiger charge is 2.36. The summed E-state index contributed by atoms with van der Waals surface area (Å²) in [6.07, 6.45) is -4.73. The molecule has 0 saturated heterocycles. The number of hydrogen-bond acceptors (Lipinski definition) is 4. The van der Waals surface area contributed by atoms with Crippen LogP contribution in [-0.2, 0) is 21.2 Å². The van der Waals surface area contributed by atoms with Crippen LogP contribution in [0.1, 0.15) is 17.2 Å². The van der Waals surface area contributed by atoms with Crippen LogP contribution in [0.25, 0.3) is 0 Å². The number of alkyl halides is 3. The van der Waals surface area contributed by atoms with Crippen LogP contribution in [0.3, 0.4) is 0 Å². The lowest BCUT2D eigenvalue weighted by Gasteiger charge is -2.29. The highest BCUT2D eigenvalue weighted by atomic mass is 35.5. The van der Waals surface area contributed by atoms with Gasteiger partial charge in [0.25, 0.3) is 0 Å². The van der Waals surface area contributed by atoms with Crippen LogP contribution in [0.4, 0.5) is 13.2 Å². The van der Waals surface area contributed by atoms with Gasteiger partial charge in [0, 0.05) is 11.6 Å². The molecular weight excluding hydrogens is 493 g/mol. The average molecular weight is 513 g/mol. The molecule has 1 unspecified atom stereocenters. The second kappa shape index (κ2) is 10.5. The summed E-state index contributed by atoms with van der Waals surface area (Å²) in [5.74, 6) is -1.28. The lowest BCUT2D eigenvalue weighted by Crippen LogP contribution is -2.42. The second-order valence-electron chi connectivity index (χ2n) is 7.23. The molecule has 0 aliphatic heterocycles. The summed E-state index contributed by atoms with van der Waals surface area (Å²) in [7, 11) is -4.21. The van der Waals surface area contributed by atoms with Crippen LogP contribution in [0.15, 0.2) is 83.8 Å². The maximum Gasteiger partial charge on any atom is 0.573 e. The lowest BCUT2D eigenvalue weighted by atomic mass is 10.1. The zero-order chi connectivity index (χ0) is 24.9. The highest BCUT2D eigenvalue weighted by molar-refractivity contribution is 7.89. The monoisotopic (exact) mass is 512 g/mol. The Bertz CT molecular complexity index is 1220. The normalized spacial score (nSPS) is 13.0. The van der Waals surface area contributed by atoms with Gasteiger partial charge in [0.15, 0.2) is 0 Å². The van der Waals surface area contributed by atoms with E-state index in [-0.39, 0.29) is 17.9 Å². The molecule has 3 rings (SSSR count). The molecule has 0 heterocycles. The van der Waals surface area contributed by atoms with Gasteiger partial charge >= 0.3 is 6.36 Å². The standard InChI is InChI=1S/C23H20ClF3N2O4S/c24-18-8-12-20(13-9-18)34(31,32)29(21(22(28)30)17-4-2-1-3-5-17)15-14-16-6-10-19(11-7-16)33-23(25,26)27/h1-13,21H,14-15H2,(H2,28,30). The number of nitrogens with two attached hydrogens (primary N) is 1. The van der Waals surface area contributed by atoms with E-state index in [2.05, 4.69) is 4.74 Å². The molecule has 0 bridgehead atoms. The van der Waals surface area contributed by atoms with Gasteiger partial charge in [-0.05, 0) is 53.9 Å². The van der Waals surface area contributed by atoms with Crippen molar-refractivity contribution in [2.75, 3.05) is 6.54 Å². The minimum atomic E-state index is -4.82. The number of ether oxygens (including phenoxy) is 1. The number of hydrogen-bond donors (Lipinski definition) is 1. The van der Waals surface area contributed by atoms with Gasteiger partial charge in [-0.2, -0.15) is 4.31 Å². The van der Waals surface area contributed by atoms with Crippen molar-refractivity contribution in [3.8, 4) is 5.75 Å². The Morgan fingerprint density at radius 2 is 1.56 bits per heavy atom.